The molecule has 0 N–H and O–H groups in total. The third-order valence-electron chi connectivity index (χ3n) is 0.834. The van der Waals surface area contributed by atoms with Gasteiger partial charge in [-0.05, 0) is 6.08 Å². The van der Waals surface area contributed by atoms with E-state index in [0.29, 0.717) is 6.54 Å². The molecule has 1 rings (SSSR count). The Morgan fingerprint density at radius 2 is 2.50 bits per heavy atom. The second-order valence-electron chi connectivity index (χ2n) is 1.61. The summed E-state index contributed by atoms with van der Waals surface area (Å²) in [5.41, 5.74) is 0. The molecule has 0 radical (unpaired) electrons. The molecule has 0 spiro atoms. The van der Waals surface area contributed by atoms with Gasteiger partial charge in [-0.1, -0.05) is 28.7 Å². The fourth-order valence-corrected chi connectivity index (χ4v) is 1.02. The molecule has 1 atom stereocenters. The first-order chi connectivity index (χ1) is 3.71. The van der Waals surface area contributed by atoms with Crippen LogP contribution in [0, 0.1) is 0 Å². The molecule has 1 heterocycles. The number of hydrogen-bond donors (Lipinski definition) is 0. The molecule has 8 heavy (non-hydrogen) atoms. The van der Waals surface area contributed by atoms with Gasteiger partial charge < -0.3 is 0 Å². The van der Waals surface area contributed by atoms with Gasteiger partial charge in [0.15, 0.2) is 0 Å². The monoisotopic (exact) mass is 241 g/mol. The molecule has 0 aromatic rings. The quantitative estimate of drug-likeness (QED) is 0.454. The predicted octanol–water partition coefficient (Wildman–Crippen LogP) is 2.00. The number of hydrogen-bond acceptors (Lipinski definition) is 1. The highest BCUT2D eigenvalue weighted by atomic mass is 127. The van der Waals surface area contributed by atoms with Crippen LogP contribution in [0.15, 0.2) is 17.1 Å². The fraction of sp³-hybridized carbons (Fsp3) is 0.400. The summed E-state index contributed by atoms with van der Waals surface area (Å²) in [4.78, 5) is 3.98. The Hall–Kier alpha value is 0.430. The molecule has 1 aliphatic rings. The van der Waals surface area contributed by atoms with Crippen LogP contribution in [0.3, 0.4) is 0 Å². The van der Waals surface area contributed by atoms with Gasteiger partial charge >= 0.3 is 0 Å². The summed E-state index contributed by atoms with van der Waals surface area (Å²) in [5, 5.41) is 0. The molecule has 0 saturated heterocycles. The predicted molar refractivity (Wildman–Crippen MR) is 45.1 cm³/mol. The number of nitrogens with zero attached hydrogens (tertiary/aromatic N) is 1. The molecule has 1 unspecified atom stereocenters. The third kappa shape index (κ3) is 1.74. The first-order valence-corrected chi connectivity index (χ1v) is 3.72. The first-order valence-electron chi connectivity index (χ1n) is 2.26. The molecule has 0 aromatic carbocycles. The minimum Gasteiger partial charge on any atom is -0.290 e. The van der Waals surface area contributed by atoms with Crippen LogP contribution in [0.1, 0.15) is 0 Å². The van der Waals surface area contributed by atoms with E-state index in [9.17, 15) is 0 Å². The zero-order chi connectivity index (χ0) is 6.04. The van der Waals surface area contributed by atoms with E-state index in [1.54, 1.807) is 6.21 Å². The standard InChI is InChI=1S/C5H5ClIN/c6-5(7)2-1-3-8-4-5/h1-3H,4H2. The number of dihydropyridines is 1. The number of rotatable bonds is 0. The van der Waals surface area contributed by atoms with E-state index in [1.165, 1.54) is 0 Å². The number of halogens is 2. The Labute approximate surface area is 67.0 Å². The van der Waals surface area contributed by atoms with Gasteiger partial charge in [0, 0.05) is 6.21 Å². The molecule has 0 saturated carbocycles. The topological polar surface area (TPSA) is 12.4 Å². The maximum absolute atomic E-state index is 5.86. The van der Waals surface area contributed by atoms with Crippen molar-refractivity contribution in [3.8, 4) is 0 Å². The van der Waals surface area contributed by atoms with Crippen molar-refractivity contribution in [2.75, 3.05) is 6.54 Å². The smallest absolute Gasteiger partial charge is 0.133 e. The van der Waals surface area contributed by atoms with Crippen molar-refractivity contribution in [2.45, 2.75) is 2.88 Å². The van der Waals surface area contributed by atoms with Crippen molar-refractivity contribution in [2.24, 2.45) is 4.99 Å². The second-order valence-corrected chi connectivity index (χ2v) is 4.85. The minimum absolute atomic E-state index is 0.257. The summed E-state index contributed by atoms with van der Waals surface area (Å²) in [7, 11) is 0. The number of aliphatic imine (C=N–C) groups is 1. The normalized spacial score (nSPS) is 35.8. The molecular weight excluding hydrogens is 236 g/mol. The summed E-state index contributed by atoms with van der Waals surface area (Å²) in [6, 6.07) is 0. The van der Waals surface area contributed by atoms with Gasteiger partial charge in [-0.2, -0.15) is 0 Å². The van der Waals surface area contributed by atoms with Crippen molar-refractivity contribution in [1.29, 1.82) is 0 Å². The van der Waals surface area contributed by atoms with Gasteiger partial charge in [-0.3, -0.25) is 4.99 Å². The highest BCUT2D eigenvalue weighted by Crippen LogP contribution is 2.27. The summed E-state index contributed by atoms with van der Waals surface area (Å²) in [6.07, 6.45) is 5.56. The minimum atomic E-state index is -0.257. The molecule has 0 bridgehead atoms. The SMILES string of the molecule is ClC1(I)C=CC=NC1. The molecule has 44 valence electrons. The Morgan fingerprint density at radius 3 is 2.75 bits per heavy atom. The molecule has 3 heteroatoms. The summed E-state index contributed by atoms with van der Waals surface area (Å²) >= 11 is 8.01. The zero-order valence-electron chi connectivity index (χ0n) is 4.14. The highest BCUT2D eigenvalue weighted by Gasteiger charge is 2.18. The highest BCUT2D eigenvalue weighted by molar-refractivity contribution is 14.1. The van der Waals surface area contributed by atoms with Gasteiger partial charge in [0.2, 0.25) is 0 Å². The average Bonchev–Trinajstić information content (AvgIpc) is 1.65. The molecule has 1 nitrogen and oxygen atoms in total. The lowest BCUT2D eigenvalue weighted by Gasteiger charge is -2.13. The lowest BCUT2D eigenvalue weighted by atomic mass is 10.3. The number of allylic oxidation sites excluding steroid dienone is 1. The molecule has 0 aromatic heterocycles. The summed E-state index contributed by atoms with van der Waals surface area (Å²) < 4.78 is -0.257. The van der Waals surface area contributed by atoms with Crippen molar-refractivity contribution in [3.05, 3.63) is 12.2 Å². The van der Waals surface area contributed by atoms with E-state index in [0.717, 1.165) is 0 Å². The van der Waals surface area contributed by atoms with Gasteiger partial charge in [-0.25, -0.2) is 0 Å². The Bertz CT molecular complexity index is 139. The van der Waals surface area contributed by atoms with E-state index in [4.69, 9.17) is 11.6 Å². The van der Waals surface area contributed by atoms with Gasteiger partial charge in [0.05, 0.1) is 6.54 Å². The van der Waals surface area contributed by atoms with Crippen molar-refractivity contribution < 1.29 is 0 Å². The van der Waals surface area contributed by atoms with Gasteiger partial charge in [0.1, 0.15) is 2.88 Å². The van der Waals surface area contributed by atoms with Gasteiger partial charge in [0.25, 0.3) is 0 Å². The molecule has 0 fully saturated rings. The van der Waals surface area contributed by atoms with Crippen LogP contribution in [-0.4, -0.2) is 15.6 Å². The summed E-state index contributed by atoms with van der Waals surface area (Å²) in [5.74, 6) is 0. The zero-order valence-corrected chi connectivity index (χ0v) is 7.06. The average molecular weight is 241 g/mol. The Kier molecular flexibility index (Phi) is 1.92. The van der Waals surface area contributed by atoms with Crippen LogP contribution in [-0.2, 0) is 0 Å². The largest absolute Gasteiger partial charge is 0.290 e. The number of alkyl halides is 2. The second kappa shape index (κ2) is 2.35. The van der Waals surface area contributed by atoms with E-state index in [-0.39, 0.29) is 2.88 Å². The van der Waals surface area contributed by atoms with Crippen LogP contribution < -0.4 is 0 Å². The van der Waals surface area contributed by atoms with Crippen LogP contribution in [0.4, 0.5) is 0 Å². The van der Waals surface area contributed by atoms with Gasteiger partial charge in [-0.15, -0.1) is 11.6 Å². The maximum atomic E-state index is 5.86. The van der Waals surface area contributed by atoms with E-state index in [1.807, 2.05) is 12.2 Å². The van der Waals surface area contributed by atoms with Crippen LogP contribution in [0.25, 0.3) is 0 Å². The summed E-state index contributed by atoms with van der Waals surface area (Å²) in [6.45, 7) is 0.686. The van der Waals surface area contributed by atoms with E-state index < -0.39 is 0 Å². The Morgan fingerprint density at radius 1 is 1.75 bits per heavy atom. The fourth-order valence-electron chi connectivity index (χ4n) is 0.472. The van der Waals surface area contributed by atoms with E-state index >= 15 is 0 Å². The van der Waals surface area contributed by atoms with E-state index in [2.05, 4.69) is 27.6 Å². The Balaban J connectivity index is 2.65. The molecule has 0 amide bonds. The molecule has 1 aliphatic heterocycles. The van der Waals surface area contributed by atoms with Crippen LogP contribution in [0.2, 0.25) is 0 Å². The molecular formula is C5H5ClIN. The first kappa shape index (κ1) is 6.55. The third-order valence-corrected chi connectivity index (χ3v) is 1.78. The van der Waals surface area contributed by atoms with Crippen LogP contribution >= 0.6 is 34.2 Å². The maximum Gasteiger partial charge on any atom is 0.133 e. The molecule has 0 aliphatic carbocycles. The van der Waals surface area contributed by atoms with Crippen molar-refractivity contribution >= 4 is 40.4 Å². The lowest BCUT2D eigenvalue weighted by Crippen LogP contribution is -2.14. The van der Waals surface area contributed by atoms with Crippen LogP contribution in [0.5, 0.6) is 0 Å². The lowest BCUT2D eigenvalue weighted by molar-refractivity contribution is 0.984. The van der Waals surface area contributed by atoms with Crippen molar-refractivity contribution in [1.82, 2.24) is 0 Å². The van der Waals surface area contributed by atoms with Crippen molar-refractivity contribution in [3.63, 3.8) is 0 Å².